The van der Waals surface area contributed by atoms with Gasteiger partial charge >= 0.3 is 5.97 Å². The molecule has 0 spiro atoms. The molecule has 0 aromatic heterocycles. The van der Waals surface area contributed by atoms with Crippen LogP contribution in [0.15, 0.2) is 59.5 Å². The lowest BCUT2D eigenvalue weighted by atomic mass is 9.89. The number of hydrogen-bond donors (Lipinski definition) is 2. The lowest BCUT2D eigenvalue weighted by molar-refractivity contribution is -0.220. The molecule has 45 heavy (non-hydrogen) atoms. The van der Waals surface area contributed by atoms with Gasteiger partial charge in [-0.25, -0.2) is 4.79 Å². The fraction of sp³-hybridized carbons (Fsp3) is 0.412. The minimum absolute atomic E-state index is 0.0443. The summed E-state index contributed by atoms with van der Waals surface area (Å²) in [4.78, 5) is 24.3. The first-order valence-corrected chi connectivity index (χ1v) is 14.9. The molecule has 10 nitrogen and oxygen atoms in total. The van der Waals surface area contributed by atoms with Crippen LogP contribution < -0.4 is 10.1 Å². The Kier molecular flexibility index (Phi) is 14.3. The summed E-state index contributed by atoms with van der Waals surface area (Å²) in [7, 11) is 1.58. The zero-order valence-corrected chi connectivity index (χ0v) is 26.0. The maximum Gasteiger partial charge on any atom is 0.347 e. The molecular weight excluding hydrogens is 598 g/mol. The number of amides is 1. The first-order valence-electron chi connectivity index (χ1n) is 14.0. The van der Waals surface area contributed by atoms with Gasteiger partial charge in [0.2, 0.25) is 10.8 Å². The van der Waals surface area contributed by atoms with Gasteiger partial charge in [-0.3, -0.25) is 4.79 Å². The monoisotopic (exact) mass is 635 g/mol. The summed E-state index contributed by atoms with van der Waals surface area (Å²) in [6.45, 7) is 1.04. The molecule has 2 N–H and O–H groups in total. The van der Waals surface area contributed by atoms with Crippen molar-refractivity contribution in [2.75, 3.05) is 33.5 Å². The van der Waals surface area contributed by atoms with Crippen LogP contribution in [0.4, 0.5) is 0 Å². The van der Waals surface area contributed by atoms with E-state index in [1.165, 1.54) is 6.92 Å². The van der Waals surface area contributed by atoms with Crippen molar-refractivity contribution in [1.29, 1.82) is 0 Å². The van der Waals surface area contributed by atoms with Crippen LogP contribution in [0.5, 0.6) is 5.75 Å². The average molecular weight is 636 g/mol. The van der Waals surface area contributed by atoms with E-state index in [4.69, 9.17) is 47.7 Å². The van der Waals surface area contributed by atoms with Crippen LogP contribution in [0.3, 0.4) is 0 Å². The van der Waals surface area contributed by atoms with Crippen LogP contribution in [-0.2, 0) is 39.9 Å². The van der Waals surface area contributed by atoms with Gasteiger partial charge in [-0.15, -0.1) is 19.3 Å². The quantitative estimate of drug-likeness (QED) is 0.251. The van der Waals surface area contributed by atoms with E-state index < -0.39 is 47.3 Å². The van der Waals surface area contributed by atoms with E-state index >= 15 is 0 Å². The predicted molar refractivity (Wildman–Crippen MR) is 168 cm³/mol. The maximum atomic E-state index is 13.0. The highest BCUT2D eigenvalue weighted by Gasteiger charge is 2.57. The van der Waals surface area contributed by atoms with Gasteiger partial charge in [0.05, 0.1) is 32.5 Å². The zero-order chi connectivity index (χ0) is 32.7. The molecule has 0 radical (unpaired) electrons. The predicted octanol–water partition coefficient (Wildman–Crippen LogP) is 3.13. The van der Waals surface area contributed by atoms with Crippen molar-refractivity contribution in [3.63, 3.8) is 0 Å². The Morgan fingerprint density at radius 2 is 1.71 bits per heavy atom. The van der Waals surface area contributed by atoms with Gasteiger partial charge in [0, 0.05) is 18.2 Å². The second-order valence-electron chi connectivity index (χ2n) is 9.94. The summed E-state index contributed by atoms with van der Waals surface area (Å²) in [5.74, 6) is 6.31. The number of benzene rings is 2. The highest BCUT2D eigenvalue weighted by molar-refractivity contribution is 8.01. The normalized spacial score (nSPS) is 22.2. The first-order chi connectivity index (χ1) is 21.8. The third kappa shape index (κ3) is 10.3. The Morgan fingerprint density at radius 3 is 2.31 bits per heavy atom. The summed E-state index contributed by atoms with van der Waals surface area (Å²) < 4.78 is 35.8. The van der Waals surface area contributed by atoms with Crippen LogP contribution >= 0.6 is 11.8 Å². The fourth-order valence-corrected chi connectivity index (χ4v) is 6.00. The van der Waals surface area contributed by atoms with Crippen molar-refractivity contribution < 1.29 is 43.1 Å². The Hall–Kier alpha value is -3.99. The minimum Gasteiger partial charge on any atom is -0.497 e. The van der Waals surface area contributed by atoms with Crippen molar-refractivity contribution >= 4 is 23.6 Å². The molecule has 1 aliphatic rings. The van der Waals surface area contributed by atoms with E-state index in [1.807, 2.05) is 30.3 Å². The van der Waals surface area contributed by atoms with Crippen molar-refractivity contribution in [2.45, 2.75) is 60.2 Å². The van der Waals surface area contributed by atoms with E-state index in [1.54, 1.807) is 31.4 Å². The van der Waals surface area contributed by atoms with E-state index in [0.717, 1.165) is 17.3 Å². The van der Waals surface area contributed by atoms with E-state index in [2.05, 4.69) is 23.1 Å². The Morgan fingerprint density at radius 1 is 1.04 bits per heavy atom. The van der Waals surface area contributed by atoms with Gasteiger partial charge in [-0.05, 0) is 29.8 Å². The first kappa shape index (κ1) is 35.5. The number of rotatable bonds is 17. The third-order valence-electron chi connectivity index (χ3n) is 6.79. The molecule has 3 rings (SSSR count). The summed E-state index contributed by atoms with van der Waals surface area (Å²) in [6, 6.07) is 15.3. The van der Waals surface area contributed by atoms with Crippen LogP contribution in [-0.4, -0.2) is 85.9 Å². The van der Waals surface area contributed by atoms with E-state index in [0.29, 0.717) is 10.6 Å². The largest absolute Gasteiger partial charge is 0.497 e. The standard InChI is InChI=1S/C34H37NO9S/c1-6-18-41-28-21-34(33(37)38,45-27-12-10-9-11-13-27)44-32(30(28)35-24(4)36)31(43-20-8-3)29(42-19-7-2)23-40-22-25-14-16-26(39-5)17-15-25/h1-3,9-17,28-32H,18-23H2,4-5H3,(H,35,36)(H,37,38)/t28-,29+,30+,31+,32+,34-/m0/s1. The lowest BCUT2D eigenvalue weighted by Gasteiger charge is -2.49. The van der Waals surface area contributed by atoms with Crippen molar-refractivity contribution in [3.8, 4) is 42.8 Å². The molecule has 1 aliphatic heterocycles. The van der Waals surface area contributed by atoms with Gasteiger partial charge in [0.1, 0.15) is 43.9 Å². The van der Waals surface area contributed by atoms with Crippen LogP contribution in [0.1, 0.15) is 18.9 Å². The highest BCUT2D eigenvalue weighted by atomic mass is 32.2. The zero-order valence-electron chi connectivity index (χ0n) is 25.2. The topological polar surface area (TPSA) is 122 Å². The summed E-state index contributed by atoms with van der Waals surface area (Å²) in [5.41, 5.74) is 0.865. The third-order valence-corrected chi connectivity index (χ3v) is 8.07. The number of carbonyl (C=O) groups excluding carboxylic acids is 1. The molecule has 1 heterocycles. The van der Waals surface area contributed by atoms with Gasteiger partial charge < -0.3 is 38.8 Å². The van der Waals surface area contributed by atoms with E-state index in [9.17, 15) is 14.7 Å². The molecule has 0 unspecified atom stereocenters. The van der Waals surface area contributed by atoms with Crippen molar-refractivity contribution in [2.24, 2.45) is 0 Å². The highest BCUT2D eigenvalue weighted by Crippen LogP contribution is 2.45. The number of terminal acetylenes is 3. The summed E-state index contributed by atoms with van der Waals surface area (Å²) >= 11 is 0.994. The molecule has 0 saturated carbocycles. The van der Waals surface area contributed by atoms with Crippen LogP contribution in [0, 0.1) is 37.0 Å². The number of carboxylic acid groups (broad SMARTS) is 1. The molecule has 6 atom stereocenters. The summed E-state index contributed by atoms with van der Waals surface area (Å²) in [5, 5.41) is 13.5. The number of hydrogen-bond acceptors (Lipinski definition) is 9. The molecule has 1 amide bonds. The number of ether oxygens (including phenoxy) is 6. The Labute approximate surface area is 268 Å². The number of methoxy groups -OCH3 is 1. The molecule has 1 saturated heterocycles. The Balaban J connectivity index is 2.04. The SMILES string of the molecule is C#CCO[C@@H]([C@@H]1O[C@@](Sc2ccccc2)(C(=O)O)C[C@H](OCC#C)[C@H]1NC(C)=O)[C@@H](COCc1ccc(OC)cc1)OCC#C. The molecule has 11 heteroatoms. The molecule has 2 aromatic rings. The van der Waals surface area contributed by atoms with Gasteiger partial charge in [-0.1, -0.05) is 59.9 Å². The van der Waals surface area contributed by atoms with Crippen molar-refractivity contribution in [1.82, 2.24) is 5.32 Å². The number of aliphatic carboxylic acids is 1. The molecule has 238 valence electrons. The number of carbonyl (C=O) groups is 2. The molecular formula is C34H37NO9S. The van der Waals surface area contributed by atoms with Crippen molar-refractivity contribution in [3.05, 3.63) is 60.2 Å². The Bertz CT molecular complexity index is 1370. The number of thioether (sulfide) groups is 1. The average Bonchev–Trinajstić information content (AvgIpc) is 3.04. The molecule has 0 aliphatic carbocycles. The van der Waals surface area contributed by atoms with Gasteiger partial charge in [0.15, 0.2) is 0 Å². The second kappa shape index (κ2) is 18.1. The maximum absolute atomic E-state index is 13.0. The molecule has 0 bridgehead atoms. The van der Waals surface area contributed by atoms with E-state index in [-0.39, 0.29) is 39.5 Å². The second-order valence-corrected chi connectivity index (χ2v) is 11.3. The van der Waals surface area contributed by atoms with Gasteiger partial charge in [-0.2, -0.15) is 0 Å². The lowest BCUT2D eigenvalue weighted by Crippen LogP contribution is -2.67. The smallest absolute Gasteiger partial charge is 0.347 e. The number of nitrogens with one attached hydrogen (secondary N) is 1. The fourth-order valence-electron chi connectivity index (χ4n) is 4.84. The minimum atomic E-state index is -1.88. The molecule has 1 fully saturated rings. The van der Waals surface area contributed by atoms with Crippen LogP contribution in [0.2, 0.25) is 0 Å². The van der Waals surface area contributed by atoms with Crippen LogP contribution in [0.25, 0.3) is 0 Å². The number of carboxylic acids is 1. The summed E-state index contributed by atoms with van der Waals surface area (Å²) in [6.07, 6.45) is 12.4. The molecule has 2 aromatic carbocycles. The van der Waals surface area contributed by atoms with Gasteiger partial charge in [0.25, 0.3) is 0 Å².